The molecular formula is C19H23N5O2. The second-order valence-corrected chi connectivity index (χ2v) is 6.74. The summed E-state index contributed by atoms with van der Waals surface area (Å²) in [6, 6.07) is 7.95. The van der Waals surface area contributed by atoms with Crippen LogP contribution in [-0.4, -0.2) is 53.1 Å². The molecule has 2 saturated heterocycles. The maximum Gasteiger partial charge on any atom is 0.255 e. The van der Waals surface area contributed by atoms with Gasteiger partial charge in [0.15, 0.2) is 0 Å². The van der Waals surface area contributed by atoms with Gasteiger partial charge in [0.1, 0.15) is 0 Å². The Labute approximate surface area is 152 Å². The van der Waals surface area contributed by atoms with E-state index in [9.17, 15) is 4.79 Å². The van der Waals surface area contributed by atoms with Gasteiger partial charge in [-0.1, -0.05) is 0 Å². The number of hydrogen-bond donors (Lipinski definition) is 2. The molecule has 4 rings (SSSR count). The molecule has 0 aliphatic carbocycles. The van der Waals surface area contributed by atoms with Crippen LogP contribution < -0.4 is 15.6 Å². The normalized spacial score (nSPS) is 25.4. The highest BCUT2D eigenvalue weighted by Crippen LogP contribution is 2.32. The number of amides is 1. The third-order valence-electron chi connectivity index (χ3n) is 5.33. The molecule has 3 unspecified atom stereocenters. The van der Waals surface area contributed by atoms with E-state index < -0.39 is 0 Å². The molecule has 0 spiro atoms. The number of nitrogens with one attached hydrogen (secondary N) is 2. The maximum absolute atomic E-state index is 13.0. The lowest BCUT2D eigenvalue weighted by atomic mass is 9.88. The van der Waals surface area contributed by atoms with Crippen LogP contribution in [0.5, 0.6) is 5.88 Å². The van der Waals surface area contributed by atoms with Gasteiger partial charge >= 0.3 is 0 Å². The van der Waals surface area contributed by atoms with Crippen LogP contribution in [-0.2, 0) is 0 Å². The molecular weight excluding hydrogens is 330 g/mol. The molecule has 2 aliphatic heterocycles. The predicted octanol–water partition coefficient (Wildman–Crippen LogP) is 1.35. The summed E-state index contributed by atoms with van der Waals surface area (Å²) in [6.07, 6.45) is 7.26. The zero-order valence-electron chi connectivity index (χ0n) is 14.8. The van der Waals surface area contributed by atoms with Crippen LogP contribution in [0.3, 0.4) is 0 Å². The third kappa shape index (κ3) is 3.15. The second-order valence-electron chi connectivity index (χ2n) is 6.74. The zero-order valence-corrected chi connectivity index (χ0v) is 14.8. The first-order valence-corrected chi connectivity index (χ1v) is 8.97. The Hall–Kier alpha value is -2.51. The number of pyridine rings is 2. The Morgan fingerprint density at radius 1 is 1.27 bits per heavy atom. The Balaban J connectivity index is 1.54. The Kier molecular flexibility index (Phi) is 4.81. The lowest BCUT2D eigenvalue weighted by Crippen LogP contribution is -2.49. The molecule has 7 heteroatoms. The summed E-state index contributed by atoms with van der Waals surface area (Å²) in [6.45, 7) is 1.62. The minimum Gasteiger partial charge on any atom is -0.481 e. The van der Waals surface area contributed by atoms with Gasteiger partial charge in [-0.15, -0.1) is 0 Å². The van der Waals surface area contributed by atoms with Crippen LogP contribution >= 0.6 is 0 Å². The monoisotopic (exact) mass is 353 g/mol. The Morgan fingerprint density at radius 3 is 2.85 bits per heavy atom. The van der Waals surface area contributed by atoms with Crippen molar-refractivity contribution in [3.8, 4) is 5.88 Å². The molecule has 4 heterocycles. The van der Waals surface area contributed by atoms with Crippen molar-refractivity contribution in [3.63, 3.8) is 0 Å². The summed E-state index contributed by atoms with van der Waals surface area (Å²) in [5.74, 6) is 0.856. The number of rotatable bonds is 4. The predicted molar refractivity (Wildman–Crippen MR) is 96.8 cm³/mol. The van der Waals surface area contributed by atoms with Gasteiger partial charge < -0.3 is 9.64 Å². The maximum atomic E-state index is 13.0. The molecule has 0 bridgehead atoms. The number of likely N-dealkylation sites (tertiary alicyclic amines) is 1. The molecule has 2 aromatic rings. The molecule has 7 nitrogen and oxygen atoms in total. The van der Waals surface area contributed by atoms with E-state index in [2.05, 4.69) is 33.0 Å². The number of ether oxygens (including phenoxy) is 1. The largest absolute Gasteiger partial charge is 0.481 e. The lowest BCUT2D eigenvalue weighted by Gasteiger charge is -2.32. The second kappa shape index (κ2) is 7.39. The van der Waals surface area contributed by atoms with Gasteiger partial charge in [-0.25, -0.2) is 4.98 Å². The first-order valence-electron chi connectivity index (χ1n) is 8.97. The van der Waals surface area contributed by atoms with Crippen LogP contribution in [0.15, 0.2) is 42.9 Å². The van der Waals surface area contributed by atoms with Gasteiger partial charge in [-0.05, 0) is 36.6 Å². The van der Waals surface area contributed by atoms with Crippen molar-refractivity contribution in [2.45, 2.75) is 30.8 Å². The summed E-state index contributed by atoms with van der Waals surface area (Å²) < 4.78 is 5.08. The van der Waals surface area contributed by atoms with Gasteiger partial charge in [0.05, 0.1) is 12.7 Å². The quantitative estimate of drug-likeness (QED) is 0.864. The molecule has 136 valence electrons. The molecule has 2 fully saturated rings. The van der Waals surface area contributed by atoms with Gasteiger partial charge in [0.25, 0.3) is 5.91 Å². The van der Waals surface area contributed by atoms with E-state index >= 15 is 0 Å². The van der Waals surface area contributed by atoms with E-state index in [0.717, 1.165) is 25.9 Å². The Bertz CT molecular complexity index is 752. The first-order chi connectivity index (χ1) is 12.8. The van der Waals surface area contributed by atoms with Crippen molar-refractivity contribution in [1.29, 1.82) is 0 Å². The first kappa shape index (κ1) is 16.9. The van der Waals surface area contributed by atoms with Gasteiger partial charge in [-0.2, -0.15) is 0 Å². The number of methoxy groups -OCH3 is 1. The average Bonchev–Trinajstić information content (AvgIpc) is 3.37. The number of hydrogen-bond acceptors (Lipinski definition) is 6. The fourth-order valence-corrected chi connectivity index (χ4v) is 4.03. The van der Waals surface area contributed by atoms with Crippen LogP contribution in [0.4, 0.5) is 0 Å². The van der Waals surface area contributed by atoms with Crippen LogP contribution in [0.1, 0.15) is 34.7 Å². The summed E-state index contributed by atoms with van der Waals surface area (Å²) >= 11 is 0. The van der Waals surface area contributed by atoms with Crippen LogP contribution in [0.2, 0.25) is 0 Å². The highest BCUT2D eigenvalue weighted by atomic mass is 16.5. The SMILES string of the molecule is COc1ccc(C(=O)N2CCCC2C2NNCC2c2ccncc2)cn1. The van der Waals surface area contributed by atoms with E-state index in [4.69, 9.17) is 4.74 Å². The van der Waals surface area contributed by atoms with Crippen molar-refractivity contribution in [1.82, 2.24) is 25.7 Å². The number of nitrogens with zero attached hydrogens (tertiary/aromatic N) is 3. The highest BCUT2D eigenvalue weighted by molar-refractivity contribution is 5.94. The fourth-order valence-electron chi connectivity index (χ4n) is 4.03. The van der Waals surface area contributed by atoms with Gasteiger partial charge in [0, 0.05) is 55.7 Å². The van der Waals surface area contributed by atoms with Gasteiger partial charge in [-0.3, -0.25) is 20.6 Å². The molecule has 3 atom stereocenters. The number of hydrazine groups is 1. The van der Waals surface area contributed by atoms with E-state index in [1.807, 2.05) is 17.3 Å². The number of aromatic nitrogens is 2. The van der Waals surface area contributed by atoms with E-state index in [0.29, 0.717) is 17.4 Å². The van der Waals surface area contributed by atoms with Crippen molar-refractivity contribution < 1.29 is 9.53 Å². The van der Waals surface area contributed by atoms with E-state index in [1.165, 1.54) is 5.56 Å². The molecule has 1 amide bonds. The standard InChI is InChI=1S/C19H23N5O2/c1-26-17-5-4-14(11-21-17)19(25)24-10-2-3-16(24)18-15(12-22-23-18)13-6-8-20-9-7-13/h4-9,11,15-16,18,22-23H,2-3,10,12H2,1H3. The minimum absolute atomic E-state index is 0.0323. The molecule has 0 saturated carbocycles. The fraction of sp³-hybridized carbons (Fsp3) is 0.421. The summed E-state index contributed by atoms with van der Waals surface area (Å²) in [4.78, 5) is 23.3. The van der Waals surface area contributed by atoms with Crippen molar-refractivity contribution in [3.05, 3.63) is 54.0 Å². The number of carbonyl (C=O) groups excluding carboxylic acids is 1. The lowest BCUT2D eigenvalue weighted by molar-refractivity contribution is 0.0704. The number of carbonyl (C=O) groups is 1. The van der Waals surface area contributed by atoms with E-state index in [1.54, 1.807) is 25.4 Å². The molecule has 2 aromatic heterocycles. The molecule has 2 aliphatic rings. The zero-order chi connectivity index (χ0) is 17.9. The molecule has 2 N–H and O–H groups in total. The topological polar surface area (TPSA) is 79.4 Å². The molecule has 26 heavy (non-hydrogen) atoms. The Morgan fingerprint density at radius 2 is 2.12 bits per heavy atom. The minimum atomic E-state index is 0.0323. The summed E-state index contributed by atoms with van der Waals surface area (Å²) in [5.41, 5.74) is 8.52. The van der Waals surface area contributed by atoms with Gasteiger partial charge in [0.2, 0.25) is 5.88 Å². The third-order valence-corrected chi connectivity index (χ3v) is 5.33. The average molecular weight is 353 g/mol. The summed E-state index contributed by atoms with van der Waals surface area (Å²) in [7, 11) is 1.57. The molecule has 0 aromatic carbocycles. The smallest absolute Gasteiger partial charge is 0.255 e. The van der Waals surface area contributed by atoms with Crippen LogP contribution in [0.25, 0.3) is 0 Å². The van der Waals surface area contributed by atoms with Crippen LogP contribution in [0, 0.1) is 0 Å². The highest BCUT2D eigenvalue weighted by Gasteiger charge is 2.41. The van der Waals surface area contributed by atoms with Crippen molar-refractivity contribution >= 4 is 5.91 Å². The summed E-state index contributed by atoms with van der Waals surface area (Å²) in [5, 5.41) is 0. The van der Waals surface area contributed by atoms with Crippen molar-refractivity contribution in [2.75, 3.05) is 20.2 Å². The van der Waals surface area contributed by atoms with E-state index in [-0.39, 0.29) is 18.0 Å². The molecule has 0 radical (unpaired) electrons. The van der Waals surface area contributed by atoms with Crippen molar-refractivity contribution in [2.24, 2.45) is 0 Å².